The van der Waals surface area contributed by atoms with Crippen LogP contribution in [0.1, 0.15) is 33.1 Å². The molecule has 1 aliphatic heterocycles. The molecule has 1 aliphatic rings. The molecule has 1 rings (SSSR count). The molecule has 0 radical (unpaired) electrons. The predicted molar refractivity (Wildman–Crippen MR) is 57.5 cm³/mol. The molecule has 1 atom stereocenters. The number of aliphatic hydroxyl groups is 1. The highest BCUT2D eigenvalue weighted by atomic mass is 16.5. The molecule has 15 heavy (non-hydrogen) atoms. The van der Waals surface area contributed by atoms with Crippen LogP contribution in [0.4, 0.5) is 0 Å². The maximum Gasteiger partial charge on any atom is 0.323 e. The smallest absolute Gasteiger partial charge is 0.323 e. The minimum Gasteiger partial charge on any atom is -0.464 e. The van der Waals surface area contributed by atoms with Crippen molar-refractivity contribution in [1.82, 2.24) is 4.90 Å². The molecular formula is C11H21NO3. The van der Waals surface area contributed by atoms with E-state index in [1.54, 1.807) is 0 Å². The van der Waals surface area contributed by atoms with Gasteiger partial charge in [0.2, 0.25) is 0 Å². The molecule has 4 nitrogen and oxygen atoms in total. The topological polar surface area (TPSA) is 49.8 Å². The molecule has 0 aromatic rings. The van der Waals surface area contributed by atoms with E-state index in [2.05, 4.69) is 18.7 Å². The fourth-order valence-electron chi connectivity index (χ4n) is 2.25. The second-order valence-electron chi connectivity index (χ2n) is 3.90. The Labute approximate surface area is 91.2 Å². The van der Waals surface area contributed by atoms with Gasteiger partial charge in [-0.2, -0.15) is 0 Å². The number of aliphatic hydroxyl groups excluding tert-OH is 1. The number of cyclic esters (lactones) is 1. The summed E-state index contributed by atoms with van der Waals surface area (Å²) in [6.45, 7) is 5.40. The van der Waals surface area contributed by atoms with Gasteiger partial charge >= 0.3 is 5.97 Å². The van der Waals surface area contributed by atoms with Crippen LogP contribution in [0.2, 0.25) is 0 Å². The van der Waals surface area contributed by atoms with Crippen molar-refractivity contribution in [2.24, 2.45) is 0 Å². The van der Waals surface area contributed by atoms with Gasteiger partial charge in [0.1, 0.15) is 6.04 Å². The van der Waals surface area contributed by atoms with Gasteiger partial charge in [-0.25, -0.2) is 0 Å². The van der Waals surface area contributed by atoms with Gasteiger partial charge in [-0.05, 0) is 12.8 Å². The molecule has 0 bridgehead atoms. The first-order chi connectivity index (χ1) is 7.24. The van der Waals surface area contributed by atoms with Crippen molar-refractivity contribution < 1.29 is 14.6 Å². The van der Waals surface area contributed by atoms with Crippen molar-refractivity contribution in [2.45, 2.75) is 45.2 Å². The van der Waals surface area contributed by atoms with Crippen molar-refractivity contribution in [3.05, 3.63) is 0 Å². The molecule has 1 saturated heterocycles. The number of nitrogens with zero attached hydrogens (tertiary/aromatic N) is 1. The molecule has 0 aliphatic carbocycles. The third kappa shape index (κ3) is 2.92. The summed E-state index contributed by atoms with van der Waals surface area (Å²) in [6.07, 6.45) is 2.76. The maximum absolute atomic E-state index is 11.5. The highest BCUT2D eigenvalue weighted by Gasteiger charge is 2.34. The van der Waals surface area contributed by atoms with E-state index in [0.717, 1.165) is 19.3 Å². The van der Waals surface area contributed by atoms with Crippen LogP contribution in [-0.2, 0) is 9.53 Å². The molecule has 0 aromatic heterocycles. The number of hydrogen-bond acceptors (Lipinski definition) is 4. The Hall–Kier alpha value is -0.610. The third-order valence-corrected chi connectivity index (χ3v) is 3.08. The number of carbonyl (C=O) groups is 1. The summed E-state index contributed by atoms with van der Waals surface area (Å²) < 4.78 is 4.97. The Balaban J connectivity index is 2.66. The molecule has 0 saturated carbocycles. The van der Waals surface area contributed by atoms with E-state index in [0.29, 0.717) is 19.2 Å². The van der Waals surface area contributed by atoms with E-state index < -0.39 is 0 Å². The highest BCUT2D eigenvalue weighted by Crippen LogP contribution is 2.19. The molecule has 0 amide bonds. The zero-order valence-electron chi connectivity index (χ0n) is 9.61. The molecule has 1 N–H and O–H groups in total. The van der Waals surface area contributed by atoms with Crippen molar-refractivity contribution in [2.75, 3.05) is 19.8 Å². The normalized spacial score (nSPS) is 21.4. The van der Waals surface area contributed by atoms with Gasteiger partial charge < -0.3 is 9.84 Å². The van der Waals surface area contributed by atoms with Crippen LogP contribution in [0.15, 0.2) is 0 Å². The van der Waals surface area contributed by atoms with Crippen molar-refractivity contribution >= 4 is 5.97 Å². The lowest BCUT2D eigenvalue weighted by Crippen LogP contribution is -2.46. The van der Waals surface area contributed by atoms with E-state index in [1.807, 2.05) is 0 Å². The Morgan fingerprint density at radius 2 is 2.20 bits per heavy atom. The average molecular weight is 215 g/mol. The lowest BCUT2D eigenvalue weighted by molar-refractivity contribution is -0.143. The number of ether oxygens (including phenoxy) is 1. The summed E-state index contributed by atoms with van der Waals surface area (Å²) in [4.78, 5) is 13.6. The fourth-order valence-corrected chi connectivity index (χ4v) is 2.25. The van der Waals surface area contributed by atoms with E-state index in [4.69, 9.17) is 9.84 Å². The van der Waals surface area contributed by atoms with Crippen LogP contribution in [0, 0.1) is 0 Å². The summed E-state index contributed by atoms with van der Waals surface area (Å²) in [5.74, 6) is -0.129. The maximum atomic E-state index is 11.5. The third-order valence-electron chi connectivity index (χ3n) is 3.08. The summed E-state index contributed by atoms with van der Waals surface area (Å²) in [6, 6.07) is 0.231. The fraction of sp³-hybridized carbons (Fsp3) is 0.909. The van der Waals surface area contributed by atoms with Crippen LogP contribution >= 0.6 is 0 Å². The van der Waals surface area contributed by atoms with Gasteiger partial charge in [0.05, 0.1) is 13.2 Å². The molecule has 4 heteroatoms. The molecule has 1 heterocycles. The van der Waals surface area contributed by atoms with Gasteiger partial charge in [0.15, 0.2) is 0 Å². The number of carbonyl (C=O) groups excluding carboxylic acids is 1. The summed E-state index contributed by atoms with van der Waals surface area (Å²) >= 11 is 0. The molecule has 1 unspecified atom stereocenters. The van der Waals surface area contributed by atoms with E-state index in [-0.39, 0.29) is 18.6 Å². The SMILES string of the molecule is CCC(CC)N(CCO)C1CCOC1=O. The average Bonchev–Trinajstić information content (AvgIpc) is 2.65. The van der Waals surface area contributed by atoms with Crippen molar-refractivity contribution in [1.29, 1.82) is 0 Å². The summed E-state index contributed by atoms with van der Waals surface area (Å²) in [7, 11) is 0. The number of rotatable bonds is 6. The van der Waals surface area contributed by atoms with Gasteiger partial charge in [-0.15, -0.1) is 0 Å². The minimum absolute atomic E-state index is 0.0975. The van der Waals surface area contributed by atoms with Crippen LogP contribution in [0.5, 0.6) is 0 Å². The summed E-state index contributed by atoms with van der Waals surface area (Å²) in [5, 5.41) is 9.03. The van der Waals surface area contributed by atoms with E-state index in [1.165, 1.54) is 0 Å². The van der Waals surface area contributed by atoms with Gasteiger partial charge in [-0.3, -0.25) is 9.69 Å². The molecule has 88 valence electrons. The zero-order valence-corrected chi connectivity index (χ0v) is 9.61. The standard InChI is InChI=1S/C11H21NO3/c1-3-9(4-2)12(6-7-13)10-5-8-15-11(10)14/h9-10,13H,3-8H2,1-2H3. The molecular weight excluding hydrogens is 194 g/mol. The second-order valence-corrected chi connectivity index (χ2v) is 3.90. The van der Waals surface area contributed by atoms with Gasteiger partial charge in [0, 0.05) is 19.0 Å². The molecule has 1 fully saturated rings. The Kier molecular flexibility index (Phi) is 5.05. The predicted octanol–water partition coefficient (Wildman–Crippen LogP) is 0.785. The van der Waals surface area contributed by atoms with Crippen LogP contribution < -0.4 is 0 Å². The number of esters is 1. The van der Waals surface area contributed by atoms with Crippen molar-refractivity contribution in [3.8, 4) is 0 Å². The first-order valence-corrected chi connectivity index (χ1v) is 5.77. The first-order valence-electron chi connectivity index (χ1n) is 5.77. The lowest BCUT2D eigenvalue weighted by atomic mass is 10.1. The monoisotopic (exact) mass is 215 g/mol. The Morgan fingerprint density at radius 1 is 1.53 bits per heavy atom. The molecule has 0 spiro atoms. The van der Waals surface area contributed by atoms with Crippen LogP contribution in [0.3, 0.4) is 0 Å². The minimum atomic E-state index is -0.137. The van der Waals surface area contributed by atoms with Crippen LogP contribution in [0.25, 0.3) is 0 Å². The molecule has 0 aromatic carbocycles. The highest BCUT2D eigenvalue weighted by molar-refractivity contribution is 5.77. The Morgan fingerprint density at radius 3 is 2.60 bits per heavy atom. The van der Waals surface area contributed by atoms with Crippen LogP contribution in [-0.4, -0.2) is 47.8 Å². The zero-order chi connectivity index (χ0) is 11.3. The second kappa shape index (κ2) is 6.08. The van der Waals surface area contributed by atoms with Crippen molar-refractivity contribution in [3.63, 3.8) is 0 Å². The quantitative estimate of drug-likeness (QED) is 0.665. The van der Waals surface area contributed by atoms with Gasteiger partial charge in [-0.1, -0.05) is 13.8 Å². The van der Waals surface area contributed by atoms with E-state index >= 15 is 0 Å². The first kappa shape index (κ1) is 12.5. The summed E-state index contributed by atoms with van der Waals surface area (Å²) in [5.41, 5.74) is 0. The van der Waals surface area contributed by atoms with Gasteiger partial charge in [0.25, 0.3) is 0 Å². The van der Waals surface area contributed by atoms with E-state index in [9.17, 15) is 4.79 Å². The lowest BCUT2D eigenvalue weighted by Gasteiger charge is -2.32. The Bertz CT molecular complexity index is 204. The largest absolute Gasteiger partial charge is 0.464 e. The number of hydrogen-bond donors (Lipinski definition) is 1.